The lowest BCUT2D eigenvalue weighted by Crippen LogP contribution is -2.30. The maximum atomic E-state index is 14.9. The van der Waals surface area contributed by atoms with Gasteiger partial charge in [0.25, 0.3) is 0 Å². The number of allylic oxidation sites excluding steroid dienone is 2. The highest BCUT2D eigenvalue weighted by atomic mass is 19.1. The van der Waals surface area contributed by atoms with Crippen molar-refractivity contribution in [2.75, 3.05) is 7.11 Å². The van der Waals surface area contributed by atoms with Gasteiger partial charge in [0.15, 0.2) is 0 Å². The SMILES string of the molecule is C/C=C/C1CCC2CC(c3ccc(-c4ccc(OC)cc4F)c(F)c3)CCC2C1. The Morgan fingerprint density at radius 2 is 1.55 bits per heavy atom. The van der Waals surface area contributed by atoms with Crippen molar-refractivity contribution >= 4 is 0 Å². The van der Waals surface area contributed by atoms with Gasteiger partial charge in [-0.25, -0.2) is 8.78 Å². The molecule has 0 radical (unpaired) electrons. The molecule has 2 aromatic rings. The molecule has 0 amide bonds. The molecule has 4 atom stereocenters. The van der Waals surface area contributed by atoms with E-state index in [1.807, 2.05) is 6.07 Å². The first-order chi connectivity index (χ1) is 14.1. The fourth-order valence-corrected chi connectivity index (χ4v) is 5.52. The molecule has 2 fully saturated rings. The number of halogens is 2. The van der Waals surface area contributed by atoms with Crippen molar-refractivity contribution in [3.05, 3.63) is 65.7 Å². The summed E-state index contributed by atoms with van der Waals surface area (Å²) in [6.45, 7) is 2.11. The Morgan fingerprint density at radius 1 is 0.862 bits per heavy atom. The Hall–Kier alpha value is -2.16. The van der Waals surface area contributed by atoms with E-state index in [1.54, 1.807) is 24.3 Å². The van der Waals surface area contributed by atoms with Gasteiger partial charge < -0.3 is 4.74 Å². The first kappa shape index (κ1) is 20.1. The number of hydrogen-bond acceptors (Lipinski definition) is 1. The van der Waals surface area contributed by atoms with Crippen molar-refractivity contribution in [3.8, 4) is 16.9 Å². The van der Waals surface area contributed by atoms with Crippen LogP contribution in [-0.4, -0.2) is 7.11 Å². The molecule has 2 saturated carbocycles. The second-order valence-electron chi connectivity index (χ2n) is 8.71. The van der Waals surface area contributed by atoms with E-state index < -0.39 is 5.82 Å². The third-order valence-corrected chi connectivity index (χ3v) is 7.05. The van der Waals surface area contributed by atoms with Crippen LogP contribution in [-0.2, 0) is 0 Å². The molecule has 0 spiro atoms. The van der Waals surface area contributed by atoms with E-state index >= 15 is 0 Å². The minimum atomic E-state index is -0.464. The quantitative estimate of drug-likeness (QED) is 0.486. The summed E-state index contributed by atoms with van der Waals surface area (Å²) >= 11 is 0. The van der Waals surface area contributed by atoms with Crippen LogP contribution in [0.15, 0.2) is 48.6 Å². The van der Waals surface area contributed by atoms with Crippen molar-refractivity contribution in [2.24, 2.45) is 17.8 Å². The molecule has 29 heavy (non-hydrogen) atoms. The van der Waals surface area contributed by atoms with Crippen LogP contribution < -0.4 is 4.74 Å². The van der Waals surface area contributed by atoms with Crippen molar-refractivity contribution in [1.29, 1.82) is 0 Å². The molecule has 2 aromatic carbocycles. The summed E-state index contributed by atoms with van der Waals surface area (Å²) in [7, 11) is 1.49. The van der Waals surface area contributed by atoms with Gasteiger partial charge in [0.1, 0.15) is 17.4 Å². The van der Waals surface area contributed by atoms with Gasteiger partial charge in [-0.05, 0) is 92.9 Å². The molecular formula is C26H30F2O. The number of rotatable bonds is 4. The van der Waals surface area contributed by atoms with Crippen LogP contribution >= 0.6 is 0 Å². The second kappa shape index (κ2) is 8.69. The predicted molar refractivity (Wildman–Crippen MR) is 114 cm³/mol. The zero-order valence-electron chi connectivity index (χ0n) is 17.3. The second-order valence-corrected chi connectivity index (χ2v) is 8.71. The minimum Gasteiger partial charge on any atom is -0.497 e. The predicted octanol–water partition coefficient (Wildman–Crippen LogP) is 7.52. The first-order valence-corrected chi connectivity index (χ1v) is 10.8. The third-order valence-electron chi connectivity index (χ3n) is 7.05. The first-order valence-electron chi connectivity index (χ1n) is 10.8. The van der Waals surface area contributed by atoms with Crippen LogP contribution in [0.4, 0.5) is 8.78 Å². The van der Waals surface area contributed by atoms with E-state index in [0.29, 0.717) is 17.2 Å². The van der Waals surface area contributed by atoms with Crippen LogP contribution in [0.25, 0.3) is 11.1 Å². The Labute approximate surface area is 172 Å². The largest absolute Gasteiger partial charge is 0.497 e. The molecular weight excluding hydrogens is 366 g/mol. The molecule has 0 bridgehead atoms. The monoisotopic (exact) mass is 396 g/mol. The van der Waals surface area contributed by atoms with Crippen LogP contribution in [0.3, 0.4) is 0 Å². The fourth-order valence-electron chi connectivity index (χ4n) is 5.52. The van der Waals surface area contributed by atoms with E-state index in [1.165, 1.54) is 38.9 Å². The lowest BCUT2D eigenvalue weighted by Gasteiger charge is -2.41. The molecule has 1 nitrogen and oxygen atoms in total. The Morgan fingerprint density at radius 3 is 2.24 bits per heavy atom. The number of ether oxygens (including phenoxy) is 1. The minimum absolute atomic E-state index is 0.279. The Balaban J connectivity index is 1.49. The van der Waals surface area contributed by atoms with Gasteiger partial charge in [-0.2, -0.15) is 0 Å². The van der Waals surface area contributed by atoms with Crippen molar-refractivity contribution < 1.29 is 13.5 Å². The van der Waals surface area contributed by atoms with Gasteiger partial charge in [0.05, 0.1) is 7.11 Å². The smallest absolute Gasteiger partial charge is 0.134 e. The summed E-state index contributed by atoms with van der Waals surface area (Å²) in [5.41, 5.74) is 1.66. The van der Waals surface area contributed by atoms with Crippen molar-refractivity contribution in [3.63, 3.8) is 0 Å². The molecule has 2 aliphatic rings. The zero-order chi connectivity index (χ0) is 20.4. The molecule has 0 saturated heterocycles. The van der Waals surface area contributed by atoms with Crippen LogP contribution in [0, 0.1) is 29.4 Å². The maximum Gasteiger partial charge on any atom is 0.134 e. The standard InChI is InChI=1S/C26H30F2O/c1-3-4-17-5-6-19-14-20(8-7-18(19)13-17)21-9-11-23(25(27)15-21)24-12-10-22(29-2)16-26(24)28/h3-4,9-12,15-20H,5-8,13-14H2,1-2H3/b4-3+. The Bertz CT molecular complexity index is 888. The lowest BCUT2D eigenvalue weighted by molar-refractivity contribution is 0.133. The molecule has 0 aliphatic heterocycles. The summed E-state index contributed by atoms with van der Waals surface area (Å²) in [5, 5.41) is 0. The number of methoxy groups -OCH3 is 1. The van der Waals surface area contributed by atoms with Crippen LogP contribution in [0.5, 0.6) is 5.75 Å². The highest BCUT2D eigenvalue weighted by Crippen LogP contribution is 2.48. The molecule has 154 valence electrons. The Kier molecular flexibility index (Phi) is 6.03. The summed E-state index contributed by atoms with van der Waals surface area (Å²) in [6, 6.07) is 9.92. The van der Waals surface area contributed by atoms with E-state index in [2.05, 4.69) is 19.1 Å². The van der Waals surface area contributed by atoms with E-state index in [4.69, 9.17) is 4.74 Å². The van der Waals surface area contributed by atoms with Crippen molar-refractivity contribution in [2.45, 2.75) is 51.4 Å². The van der Waals surface area contributed by atoms with Crippen molar-refractivity contribution in [1.82, 2.24) is 0 Å². The summed E-state index contributed by atoms with van der Waals surface area (Å²) in [4.78, 5) is 0. The van der Waals surface area contributed by atoms with Gasteiger partial charge in [-0.1, -0.05) is 24.3 Å². The summed E-state index contributed by atoms with van der Waals surface area (Å²) in [6.07, 6.45) is 11.9. The third kappa shape index (κ3) is 4.24. The average molecular weight is 397 g/mol. The number of hydrogen-bond donors (Lipinski definition) is 0. The van der Waals surface area contributed by atoms with E-state index in [-0.39, 0.29) is 11.4 Å². The number of benzene rings is 2. The molecule has 0 N–H and O–H groups in total. The van der Waals surface area contributed by atoms with Gasteiger partial charge >= 0.3 is 0 Å². The maximum absolute atomic E-state index is 14.9. The topological polar surface area (TPSA) is 9.23 Å². The van der Waals surface area contributed by atoms with Gasteiger partial charge in [-0.3, -0.25) is 0 Å². The molecule has 3 heteroatoms. The molecule has 0 aromatic heterocycles. The molecule has 2 aliphatic carbocycles. The van der Waals surface area contributed by atoms with Crippen LogP contribution in [0.1, 0.15) is 56.9 Å². The molecule has 0 heterocycles. The van der Waals surface area contributed by atoms with E-state index in [0.717, 1.165) is 36.2 Å². The highest BCUT2D eigenvalue weighted by molar-refractivity contribution is 5.66. The summed E-state index contributed by atoms with van der Waals surface area (Å²) in [5.74, 6) is 2.37. The van der Waals surface area contributed by atoms with Gasteiger partial charge in [0.2, 0.25) is 0 Å². The van der Waals surface area contributed by atoms with Crippen LogP contribution in [0.2, 0.25) is 0 Å². The zero-order valence-corrected chi connectivity index (χ0v) is 17.3. The highest BCUT2D eigenvalue weighted by Gasteiger charge is 2.35. The molecule has 4 rings (SSSR count). The lowest BCUT2D eigenvalue weighted by atomic mass is 9.64. The number of fused-ring (bicyclic) bond motifs is 1. The fraction of sp³-hybridized carbons (Fsp3) is 0.462. The molecule has 4 unspecified atom stereocenters. The van der Waals surface area contributed by atoms with Gasteiger partial charge in [0, 0.05) is 17.2 Å². The normalized spacial score (nSPS) is 27.0. The van der Waals surface area contributed by atoms with Gasteiger partial charge in [-0.15, -0.1) is 0 Å². The average Bonchev–Trinajstić information content (AvgIpc) is 2.74. The van der Waals surface area contributed by atoms with E-state index in [9.17, 15) is 8.78 Å². The summed E-state index contributed by atoms with van der Waals surface area (Å²) < 4.78 is 34.3.